The summed E-state index contributed by atoms with van der Waals surface area (Å²) in [6.07, 6.45) is 2.66. The van der Waals surface area contributed by atoms with Crippen LogP contribution in [0.5, 0.6) is 5.75 Å². The maximum absolute atomic E-state index is 11.3. The molecule has 3 rings (SSSR count). The molecule has 0 spiro atoms. The lowest BCUT2D eigenvalue weighted by atomic mass is 10.1. The number of amides is 1. The first-order valence-electron chi connectivity index (χ1n) is 7.73. The van der Waals surface area contributed by atoms with E-state index in [2.05, 4.69) is 22.5 Å². The van der Waals surface area contributed by atoms with Gasteiger partial charge in [0.15, 0.2) is 6.61 Å². The summed E-state index contributed by atoms with van der Waals surface area (Å²) >= 11 is 0. The van der Waals surface area contributed by atoms with Crippen LogP contribution in [0.2, 0.25) is 0 Å². The maximum atomic E-state index is 11.3. The van der Waals surface area contributed by atoms with Crippen molar-refractivity contribution in [2.75, 3.05) is 31.6 Å². The molecule has 2 heterocycles. The molecular weight excluding hydrogens is 266 g/mol. The molecule has 0 aliphatic carbocycles. The normalized spacial score (nSPS) is 19.8. The summed E-state index contributed by atoms with van der Waals surface area (Å²) in [4.78, 5) is 13.9. The quantitative estimate of drug-likeness (QED) is 0.864. The number of fused-ring (bicyclic) bond motifs is 1. The summed E-state index contributed by atoms with van der Waals surface area (Å²) in [7, 11) is 0. The summed E-state index contributed by atoms with van der Waals surface area (Å²) in [5, 5.41) is 6.35. The van der Waals surface area contributed by atoms with Gasteiger partial charge in [-0.3, -0.25) is 9.69 Å². The smallest absolute Gasteiger partial charge is 0.262 e. The maximum Gasteiger partial charge on any atom is 0.262 e. The van der Waals surface area contributed by atoms with Crippen LogP contribution >= 0.6 is 0 Å². The predicted octanol–water partition coefficient (Wildman–Crippen LogP) is 1.59. The number of rotatable bonds is 5. The average Bonchev–Trinajstić information content (AvgIpc) is 3.01. The molecule has 0 saturated carbocycles. The molecule has 2 aliphatic heterocycles. The highest BCUT2D eigenvalue weighted by atomic mass is 16.5. The van der Waals surface area contributed by atoms with Crippen molar-refractivity contribution in [3.05, 3.63) is 23.8 Å². The minimum Gasteiger partial charge on any atom is -0.482 e. The third-order valence-electron chi connectivity index (χ3n) is 4.21. The van der Waals surface area contributed by atoms with Crippen molar-refractivity contribution in [2.24, 2.45) is 0 Å². The van der Waals surface area contributed by atoms with Crippen LogP contribution in [-0.4, -0.2) is 43.1 Å². The summed E-state index contributed by atoms with van der Waals surface area (Å²) in [5.74, 6) is 0.666. The molecule has 5 heteroatoms. The topological polar surface area (TPSA) is 53.6 Å². The zero-order valence-electron chi connectivity index (χ0n) is 12.5. The Morgan fingerprint density at radius 3 is 3.00 bits per heavy atom. The molecule has 0 aromatic heterocycles. The van der Waals surface area contributed by atoms with Crippen molar-refractivity contribution in [3.63, 3.8) is 0 Å². The van der Waals surface area contributed by atoms with Gasteiger partial charge in [-0.25, -0.2) is 0 Å². The average molecular weight is 289 g/mol. The summed E-state index contributed by atoms with van der Waals surface area (Å²) in [5.41, 5.74) is 1.94. The molecule has 0 radical (unpaired) electrons. The predicted molar refractivity (Wildman–Crippen MR) is 82.5 cm³/mol. The molecule has 1 aromatic carbocycles. The fourth-order valence-corrected chi connectivity index (χ4v) is 2.98. The third kappa shape index (κ3) is 3.54. The van der Waals surface area contributed by atoms with E-state index in [1.807, 2.05) is 18.2 Å². The monoisotopic (exact) mass is 289 g/mol. The van der Waals surface area contributed by atoms with Crippen LogP contribution in [0.15, 0.2) is 18.2 Å². The summed E-state index contributed by atoms with van der Waals surface area (Å²) in [6.45, 7) is 6.63. The molecule has 5 nitrogen and oxygen atoms in total. The highest BCUT2D eigenvalue weighted by Gasteiger charge is 2.18. The number of anilines is 1. The minimum absolute atomic E-state index is 0.0877. The molecule has 2 aliphatic rings. The number of nitrogens with zero attached hydrogens (tertiary/aromatic N) is 1. The van der Waals surface area contributed by atoms with E-state index in [4.69, 9.17) is 4.74 Å². The second-order valence-corrected chi connectivity index (χ2v) is 5.89. The highest BCUT2D eigenvalue weighted by molar-refractivity contribution is 5.95. The molecule has 114 valence electrons. The second kappa shape index (κ2) is 6.45. The lowest BCUT2D eigenvalue weighted by Crippen LogP contribution is -2.38. The van der Waals surface area contributed by atoms with Crippen molar-refractivity contribution in [2.45, 2.75) is 32.4 Å². The molecule has 1 saturated heterocycles. The van der Waals surface area contributed by atoms with Gasteiger partial charge in [0.2, 0.25) is 0 Å². The molecule has 2 N–H and O–H groups in total. The molecule has 1 fully saturated rings. The van der Waals surface area contributed by atoms with Crippen molar-refractivity contribution >= 4 is 11.6 Å². The molecule has 1 unspecified atom stereocenters. The fourth-order valence-electron chi connectivity index (χ4n) is 2.98. The van der Waals surface area contributed by atoms with Gasteiger partial charge in [-0.2, -0.15) is 0 Å². The van der Waals surface area contributed by atoms with Gasteiger partial charge in [0.05, 0.1) is 5.69 Å². The van der Waals surface area contributed by atoms with Gasteiger partial charge in [0.1, 0.15) is 5.75 Å². The Morgan fingerprint density at radius 1 is 1.38 bits per heavy atom. The molecule has 0 bridgehead atoms. The van der Waals surface area contributed by atoms with Crippen molar-refractivity contribution < 1.29 is 9.53 Å². The first-order valence-corrected chi connectivity index (χ1v) is 7.73. The Morgan fingerprint density at radius 2 is 2.19 bits per heavy atom. The van der Waals surface area contributed by atoms with E-state index in [0.717, 1.165) is 30.1 Å². The van der Waals surface area contributed by atoms with E-state index in [1.165, 1.54) is 25.9 Å². The SMILES string of the molecule is CC(CNCc1ccc2c(c1)NC(=O)CO2)N1CCCC1. The number of carbonyl (C=O) groups excluding carboxylic acids is 1. The van der Waals surface area contributed by atoms with Crippen LogP contribution in [0.4, 0.5) is 5.69 Å². The van der Waals surface area contributed by atoms with Crippen LogP contribution < -0.4 is 15.4 Å². The van der Waals surface area contributed by atoms with Crippen LogP contribution in [-0.2, 0) is 11.3 Å². The van der Waals surface area contributed by atoms with E-state index in [1.54, 1.807) is 0 Å². The van der Waals surface area contributed by atoms with E-state index in [-0.39, 0.29) is 12.5 Å². The van der Waals surface area contributed by atoms with Crippen LogP contribution in [0, 0.1) is 0 Å². The largest absolute Gasteiger partial charge is 0.482 e. The molecular formula is C16H23N3O2. The number of benzene rings is 1. The Hall–Kier alpha value is -1.59. The Balaban J connectivity index is 1.51. The van der Waals surface area contributed by atoms with Crippen LogP contribution in [0.3, 0.4) is 0 Å². The van der Waals surface area contributed by atoms with Gasteiger partial charge in [0, 0.05) is 19.1 Å². The summed E-state index contributed by atoms with van der Waals surface area (Å²) in [6, 6.07) is 6.53. The van der Waals surface area contributed by atoms with Gasteiger partial charge in [-0.15, -0.1) is 0 Å². The Labute approximate surface area is 125 Å². The number of hydrogen-bond acceptors (Lipinski definition) is 4. The number of hydrogen-bond donors (Lipinski definition) is 2. The van der Waals surface area contributed by atoms with Crippen molar-refractivity contribution in [3.8, 4) is 5.75 Å². The van der Waals surface area contributed by atoms with E-state index < -0.39 is 0 Å². The van der Waals surface area contributed by atoms with Crippen LogP contribution in [0.25, 0.3) is 0 Å². The molecule has 1 amide bonds. The van der Waals surface area contributed by atoms with Crippen molar-refractivity contribution in [1.29, 1.82) is 0 Å². The number of nitrogens with one attached hydrogen (secondary N) is 2. The van der Waals surface area contributed by atoms with Gasteiger partial charge < -0.3 is 15.4 Å². The first kappa shape index (κ1) is 14.4. The lowest BCUT2D eigenvalue weighted by molar-refractivity contribution is -0.118. The number of carbonyl (C=O) groups is 1. The standard InChI is InChI=1S/C16H23N3O2/c1-12(19-6-2-3-7-19)9-17-10-13-4-5-15-14(8-13)18-16(20)11-21-15/h4-5,8,12,17H,2-3,6-7,9-11H2,1H3,(H,18,20). The molecule has 1 aromatic rings. The lowest BCUT2D eigenvalue weighted by Gasteiger charge is -2.24. The zero-order chi connectivity index (χ0) is 14.7. The van der Waals surface area contributed by atoms with E-state index >= 15 is 0 Å². The van der Waals surface area contributed by atoms with Gasteiger partial charge in [-0.05, 0) is 50.6 Å². The van der Waals surface area contributed by atoms with Gasteiger partial charge >= 0.3 is 0 Å². The van der Waals surface area contributed by atoms with Crippen molar-refractivity contribution in [1.82, 2.24) is 10.2 Å². The molecule has 1 atom stereocenters. The van der Waals surface area contributed by atoms with Gasteiger partial charge in [-0.1, -0.05) is 6.07 Å². The zero-order valence-corrected chi connectivity index (χ0v) is 12.5. The van der Waals surface area contributed by atoms with Crippen LogP contribution in [0.1, 0.15) is 25.3 Å². The molecule has 21 heavy (non-hydrogen) atoms. The highest BCUT2D eigenvalue weighted by Crippen LogP contribution is 2.28. The first-order chi connectivity index (χ1) is 10.2. The Bertz CT molecular complexity index is 512. The summed E-state index contributed by atoms with van der Waals surface area (Å²) < 4.78 is 5.36. The fraction of sp³-hybridized carbons (Fsp3) is 0.562. The van der Waals surface area contributed by atoms with E-state index in [9.17, 15) is 4.79 Å². The van der Waals surface area contributed by atoms with E-state index in [0.29, 0.717) is 6.04 Å². The third-order valence-corrected chi connectivity index (χ3v) is 4.21. The Kier molecular flexibility index (Phi) is 4.41. The second-order valence-electron chi connectivity index (χ2n) is 5.89. The number of likely N-dealkylation sites (tertiary alicyclic amines) is 1. The number of ether oxygens (including phenoxy) is 1. The minimum atomic E-state index is -0.0877. The van der Waals surface area contributed by atoms with Gasteiger partial charge in [0.25, 0.3) is 5.91 Å².